The van der Waals surface area contributed by atoms with Crippen LogP contribution in [0.1, 0.15) is 5.56 Å². The van der Waals surface area contributed by atoms with Gasteiger partial charge in [-0.1, -0.05) is 6.07 Å². The molecule has 0 aromatic heterocycles. The van der Waals surface area contributed by atoms with Crippen molar-refractivity contribution in [3.8, 4) is 0 Å². The zero-order valence-corrected chi connectivity index (χ0v) is 11.0. The van der Waals surface area contributed by atoms with E-state index in [1.54, 1.807) is 6.92 Å². The molecule has 1 aromatic carbocycles. The molecule has 0 unspecified atom stereocenters. The van der Waals surface area contributed by atoms with Crippen LogP contribution in [0.3, 0.4) is 0 Å². The van der Waals surface area contributed by atoms with E-state index in [4.69, 9.17) is 0 Å². The number of anilines is 1. The minimum atomic E-state index is -0.668. The number of benzene rings is 1. The molecule has 1 rings (SSSR count). The highest BCUT2D eigenvalue weighted by molar-refractivity contribution is 5.93. The van der Waals surface area contributed by atoms with Crippen molar-refractivity contribution in [2.75, 3.05) is 25.6 Å². The van der Waals surface area contributed by atoms with Gasteiger partial charge in [0.25, 0.3) is 11.6 Å². The first-order chi connectivity index (χ1) is 9.43. The third kappa shape index (κ3) is 4.65. The summed E-state index contributed by atoms with van der Waals surface area (Å²) in [5.74, 6) is -1.25. The Morgan fingerprint density at radius 2 is 2.05 bits per heavy atom. The first-order valence-corrected chi connectivity index (χ1v) is 5.63. The molecule has 8 nitrogen and oxygen atoms in total. The Balaban J connectivity index is 2.63. The second-order valence-electron chi connectivity index (χ2n) is 3.90. The molecular formula is C12H14N2O6. The normalized spacial score (nSPS) is 9.90. The number of hydrogen-bond acceptors (Lipinski definition) is 6. The average molecular weight is 282 g/mol. The van der Waals surface area contributed by atoms with Gasteiger partial charge >= 0.3 is 5.97 Å². The predicted molar refractivity (Wildman–Crippen MR) is 69.3 cm³/mol. The van der Waals surface area contributed by atoms with Crippen LogP contribution in [-0.2, 0) is 19.1 Å². The minimum Gasteiger partial charge on any atom is -0.454 e. The Morgan fingerprint density at radius 1 is 1.35 bits per heavy atom. The molecule has 8 heteroatoms. The number of amides is 1. The van der Waals surface area contributed by atoms with Gasteiger partial charge in [0.15, 0.2) is 6.61 Å². The van der Waals surface area contributed by atoms with Gasteiger partial charge in [-0.15, -0.1) is 0 Å². The first kappa shape index (κ1) is 15.6. The van der Waals surface area contributed by atoms with E-state index in [9.17, 15) is 19.7 Å². The highest BCUT2D eigenvalue weighted by Crippen LogP contribution is 2.21. The Bertz CT molecular complexity index is 529. The topological polar surface area (TPSA) is 108 Å². The van der Waals surface area contributed by atoms with Gasteiger partial charge in [0, 0.05) is 19.2 Å². The Hall–Kier alpha value is -2.48. The number of hydrogen-bond donors (Lipinski definition) is 1. The van der Waals surface area contributed by atoms with Crippen LogP contribution in [0.15, 0.2) is 18.2 Å². The second kappa shape index (κ2) is 7.19. The van der Waals surface area contributed by atoms with Gasteiger partial charge in [0.1, 0.15) is 6.61 Å². The van der Waals surface area contributed by atoms with Crippen LogP contribution >= 0.6 is 0 Å². The van der Waals surface area contributed by atoms with E-state index in [1.807, 2.05) is 0 Å². The molecule has 0 saturated heterocycles. The highest BCUT2D eigenvalue weighted by atomic mass is 16.6. The molecule has 108 valence electrons. The van der Waals surface area contributed by atoms with E-state index in [1.165, 1.54) is 25.3 Å². The molecule has 1 aromatic rings. The summed E-state index contributed by atoms with van der Waals surface area (Å²) in [6.07, 6.45) is 0. The second-order valence-corrected chi connectivity index (χ2v) is 3.90. The van der Waals surface area contributed by atoms with Crippen molar-refractivity contribution in [3.05, 3.63) is 33.9 Å². The van der Waals surface area contributed by atoms with Gasteiger partial charge in [-0.2, -0.15) is 0 Å². The summed E-state index contributed by atoms with van der Waals surface area (Å²) in [4.78, 5) is 32.6. The fourth-order valence-electron chi connectivity index (χ4n) is 1.35. The molecule has 0 aliphatic rings. The molecule has 0 radical (unpaired) electrons. The number of rotatable bonds is 6. The number of non-ortho nitro benzene ring substituents is 1. The molecule has 1 N–H and O–H groups in total. The lowest BCUT2D eigenvalue weighted by Gasteiger charge is -2.08. The maximum Gasteiger partial charge on any atom is 0.332 e. The van der Waals surface area contributed by atoms with Crippen molar-refractivity contribution in [1.29, 1.82) is 0 Å². The van der Waals surface area contributed by atoms with E-state index in [0.717, 1.165) is 0 Å². The molecule has 1 amide bonds. The third-order valence-electron chi connectivity index (χ3n) is 2.33. The van der Waals surface area contributed by atoms with Crippen molar-refractivity contribution >= 4 is 23.3 Å². The highest BCUT2D eigenvalue weighted by Gasteiger charge is 2.12. The predicted octanol–water partition coefficient (Wildman–Crippen LogP) is 1.03. The summed E-state index contributed by atoms with van der Waals surface area (Å²) < 4.78 is 9.16. The Kier molecular flexibility index (Phi) is 5.60. The lowest BCUT2D eigenvalue weighted by atomic mass is 10.2. The van der Waals surface area contributed by atoms with Gasteiger partial charge < -0.3 is 14.8 Å². The Morgan fingerprint density at radius 3 is 2.65 bits per heavy atom. The number of nitro groups is 1. The summed E-state index contributed by atoms with van der Waals surface area (Å²) in [5, 5.41) is 13.1. The van der Waals surface area contributed by atoms with E-state index in [2.05, 4.69) is 14.8 Å². The number of esters is 1. The van der Waals surface area contributed by atoms with Gasteiger partial charge in [-0.05, 0) is 12.5 Å². The standard InChI is InChI=1S/C12H14N2O6/c1-8-3-4-9(14(17)18)5-10(8)13-11(15)6-20-12(16)7-19-2/h3-5H,6-7H2,1-2H3,(H,13,15). The molecule has 20 heavy (non-hydrogen) atoms. The molecule has 0 bridgehead atoms. The fraction of sp³-hybridized carbons (Fsp3) is 0.333. The number of ether oxygens (including phenoxy) is 2. The number of nitrogens with one attached hydrogen (secondary N) is 1. The van der Waals surface area contributed by atoms with E-state index >= 15 is 0 Å². The minimum absolute atomic E-state index is 0.137. The smallest absolute Gasteiger partial charge is 0.332 e. The van der Waals surface area contributed by atoms with Crippen molar-refractivity contribution in [2.24, 2.45) is 0 Å². The molecule has 0 heterocycles. The van der Waals surface area contributed by atoms with Crippen molar-refractivity contribution in [3.63, 3.8) is 0 Å². The number of nitro benzene ring substituents is 1. The third-order valence-corrected chi connectivity index (χ3v) is 2.33. The van der Waals surface area contributed by atoms with Crippen LogP contribution in [0.2, 0.25) is 0 Å². The van der Waals surface area contributed by atoms with Gasteiger partial charge in [0.05, 0.1) is 10.6 Å². The van der Waals surface area contributed by atoms with Crippen LogP contribution in [0, 0.1) is 17.0 Å². The van der Waals surface area contributed by atoms with Gasteiger partial charge in [-0.25, -0.2) is 4.79 Å². The van der Waals surface area contributed by atoms with Crippen molar-refractivity contribution < 1.29 is 24.0 Å². The molecule has 0 spiro atoms. The molecule has 0 aliphatic heterocycles. The number of aryl methyl sites for hydroxylation is 1. The van der Waals surface area contributed by atoms with Crippen LogP contribution in [0.4, 0.5) is 11.4 Å². The lowest BCUT2D eigenvalue weighted by molar-refractivity contribution is -0.384. The van der Waals surface area contributed by atoms with Crippen LogP contribution < -0.4 is 5.32 Å². The van der Waals surface area contributed by atoms with Gasteiger partial charge in [0.2, 0.25) is 0 Å². The maximum absolute atomic E-state index is 11.6. The molecule has 0 saturated carbocycles. The number of carbonyl (C=O) groups excluding carboxylic acids is 2. The average Bonchev–Trinajstić information content (AvgIpc) is 2.39. The largest absolute Gasteiger partial charge is 0.454 e. The summed E-state index contributed by atoms with van der Waals surface area (Å²) in [5.41, 5.74) is 0.821. The van der Waals surface area contributed by atoms with Gasteiger partial charge in [-0.3, -0.25) is 14.9 Å². The maximum atomic E-state index is 11.6. The number of nitrogens with zero attached hydrogens (tertiary/aromatic N) is 1. The van der Waals surface area contributed by atoms with Crippen LogP contribution in [-0.4, -0.2) is 37.1 Å². The zero-order chi connectivity index (χ0) is 15.1. The van der Waals surface area contributed by atoms with Crippen LogP contribution in [0.25, 0.3) is 0 Å². The molecule has 0 atom stereocenters. The summed E-state index contributed by atoms with van der Waals surface area (Å²) >= 11 is 0. The first-order valence-electron chi connectivity index (χ1n) is 5.63. The van der Waals surface area contributed by atoms with E-state index in [0.29, 0.717) is 11.3 Å². The molecule has 0 fully saturated rings. The Labute approximate surface area is 114 Å². The van der Waals surface area contributed by atoms with Crippen molar-refractivity contribution in [1.82, 2.24) is 0 Å². The van der Waals surface area contributed by atoms with E-state index in [-0.39, 0.29) is 12.3 Å². The monoisotopic (exact) mass is 282 g/mol. The fourth-order valence-corrected chi connectivity index (χ4v) is 1.35. The molecular weight excluding hydrogens is 268 g/mol. The number of methoxy groups -OCH3 is 1. The quantitative estimate of drug-likeness (QED) is 0.474. The molecule has 0 aliphatic carbocycles. The number of carbonyl (C=O) groups is 2. The van der Waals surface area contributed by atoms with Crippen LogP contribution in [0.5, 0.6) is 0 Å². The summed E-state index contributed by atoms with van der Waals surface area (Å²) in [6, 6.07) is 4.10. The summed E-state index contributed by atoms with van der Waals surface area (Å²) in [6.45, 7) is 0.962. The summed E-state index contributed by atoms with van der Waals surface area (Å²) in [7, 11) is 1.33. The lowest BCUT2D eigenvalue weighted by Crippen LogP contribution is -2.22. The van der Waals surface area contributed by atoms with E-state index < -0.39 is 23.4 Å². The SMILES string of the molecule is COCC(=O)OCC(=O)Nc1cc([N+](=O)[O-])ccc1C. The van der Waals surface area contributed by atoms with Crippen molar-refractivity contribution in [2.45, 2.75) is 6.92 Å². The zero-order valence-electron chi connectivity index (χ0n) is 11.0.